The number of nitriles is 1. The average molecular weight is 584 g/mol. The Morgan fingerprint density at radius 3 is 2.74 bits per heavy atom. The van der Waals surface area contributed by atoms with Gasteiger partial charge in [0, 0.05) is 43.7 Å². The Labute approximate surface area is 246 Å². The predicted molar refractivity (Wildman–Crippen MR) is 153 cm³/mol. The number of carboxylic acids is 1. The highest BCUT2D eigenvalue weighted by molar-refractivity contribution is 5.88. The number of halogens is 1. The summed E-state index contributed by atoms with van der Waals surface area (Å²) in [7, 11) is 0. The molecule has 0 radical (unpaired) electrons. The number of aryl methyl sites for hydroxylation is 1. The summed E-state index contributed by atoms with van der Waals surface area (Å²) >= 11 is 0. The number of pyridine rings is 1. The van der Waals surface area contributed by atoms with Crippen molar-refractivity contribution >= 4 is 17.1 Å². The zero-order chi connectivity index (χ0) is 29.9. The van der Waals surface area contributed by atoms with Gasteiger partial charge in [-0.25, -0.2) is 24.1 Å². The molecule has 220 valence electrons. The van der Waals surface area contributed by atoms with E-state index in [0.29, 0.717) is 35.7 Å². The second kappa shape index (κ2) is 12.0. The van der Waals surface area contributed by atoms with Gasteiger partial charge in [-0.15, -0.1) is 5.10 Å². The summed E-state index contributed by atoms with van der Waals surface area (Å²) in [6.45, 7) is 5.56. The normalized spacial score (nSPS) is 14.3. The van der Waals surface area contributed by atoms with Crippen molar-refractivity contribution in [3.8, 4) is 11.9 Å². The van der Waals surface area contributed by atoms with E-state index in [1.54, 1.807) is 30.6 Å². The van der Waals surface area contributed by atoms with Gasteiger partial charge >= 0.3 is 5.97 Å². The van der Waals surface area contributed by atoms with E-state index in [9.17, 15) is 14.3 Å². The smallest absolute Gasteiger partial charge is 0.354 e. The number of ether oxygens (including phenoxy) is 1. The molecular formula is C30H30FN9O3. The van der Waals surface area contributed by atoms with E-state index in [4.69, 9.17) is 15.0 Å². The minimum atomic E-state index is -1.08. The van der Waals surface area contributed by atoms with E-state index >= 15 is 0 Å². The second-order valence-corrected chi connectivity index (χ2v) is 10.5. The summed E-state index contributed by atoms with van der Waals surface area (Å²) in [5, 5.41) is 23.0. The van der Waals surface area contributed by atoms with Crippen molar-refractivity contribution in [1.82, 2.24) is 38.8 Å². The first kappa shape index (κ1) is 28.0. The summed E-state index contributed by atoms with van der Waals surface area (Å²) in [4.78, 5) is 27.5. The number of hydrogen-bond donors (Lipinski definition) is 1. The Bertz CT molecular complexity index is 1810. The number of piperidine rings is 1. The monoisotopic (exact) mass is 583 g/mol. The Morgan fingerprint density at radius 2 is 2.00 bits per heavy atom. The zero-order valence-corrected chi connectivity index (χ0v) is 23.6. The predicted octanol–water partition coefficient (Wildman–Crippen LogP) is 4.02. The van der Waals surface area contributed by atoms with Crippen LogP contribution in [0, 0.1) is 17.1 Å². The number of nitrogens with zero attached hydrogens (tertiary/aromatic N) is 9. The first-order chi connectivity index (χ1) is 20.9. The minimum Gasteiger partial charge on any atom is -0.477 e. The van der Waals surface area contributed by atoms with Crippen LogP contribution < -0.4 is 4.74 Å². The molecule has 6 rings (SSSR count). The second-order valence-electron chi connectivity index (χ2n) is 10.5. The van der Waals surface area contributed by atoms with Crippen molar-refractivity contribution in [2.24, 2.45) is 0 Å². The summed E-state index contributed by atoms with van der Waals surface area (Å²) in [5.74, 6) is -0.324. The standard InChI is InChI=1S/C30H30FN9O3/c1-2-38-19-33-15-23(38)16-39-27(34-25-5-6-26(30(41)42)35-29(25)39)17-37-10-7-22(8-11-37)40-12-9-28(36-40)43-18-21-4-3-20(14-32)13-24(21)31/h3-6,9,12-13,15,19,22H,2,7-8,10-11,16-18H2,1H3,(H,41,42). The van der Waals surface area contributed by atoms with E-state index in [1.165, 1.54) is 12.1 Å². The van der Waals surface area contributed by atoms with Crippen LogP contribution in [0.5, 0.6) is 5.88 Å². The summed E-state index contributed by atoms with van der Waals surface area (Å²) in [5.41, 5.74) is 2.79. The first-order valence-corrected chi connectivity index (χ1v) is 14.1. The quantitative estimate of drug-likeness (QED) is 0.258. The molecule has 1 aliphatic rings. The van der Waals surface area contributed by atoms with Crippen molar-refractivity contribution in [3.63, 3.8) is 0 Å². The molecule has 5 heterocycles. The molecule has 1 aromatic carbocycles. The highest BCUT2D eigenvalue weighted by Crippen LogP contribution is 2.26. The Morgan fingerprint density at radius 1 is 1.16 bits per heavy atom. The number of benzene rings is 1. The molecule has 1 saturated heterocycles. The van der Waals surface area contributed by atoms with Gasteiger partial charge in [0.2, 0.25) is 5.88 Å². The van der Waals surface area contributed by atoms with Crippen LogP contribution in [0.25, 0.3) is 11.2 Å². The molecule has 0 unspecified atom stereocenters. The molecule has 1 aliphatic heterocycles. The van der Waals surface area contributed by atoms with E-state index < -0.39 is 11.8 Å². The summed E-state index contributed by atoms with van der Waals surface area (Å²) < 4.78 is 25.9. The molecular weight excluding hydrogens is 553 g/mol. The average Bonchev–Trinajstić information content (AvgIpc) is 3.76. The summed E-state index contributed by atoms with van der Waals surface area (Å²) in [6.07, 6.45) is 7.22. The van der Waals surface area contributed by atoms with Gasteiger partial charge in [-0.05, 0) is 44.0 Å². The number of likely N-dealkylation sites (tertiary alicyclic amines) is 1. The molecule has 0 bridgehead atoms. The van der Waals surface area contributed by atoms with Gasteiger partial charge in [0.15, 0.2) is 11.3 Å². The Balaban J connectivity index is 1.12. The number of rotatable bonds is 10. The molecule has 13 heteroatoms. The molecule has 1 fully saturated rings. The van der Waals surface area contributed by atoms with Crippen LogP contribution in [-0.4, -0.2) is 62.9 Å². The summed E-state index contributed by atoms with van der Waals surface area (Å²) in [6, 6.07) is 11.4. The molecule has 0 saturated carbocycles. The lowest BCUT2D eigenvalue weighted by molar-refractivity contribution is 0.0691. The molecule has 0 amide bonds. The third-order valence-electron chi connectivity index (χ3n) is 7.79. The molecule has 0 aliphatic carbocycles. The number of carboxylic acid groups (broad SMARTS) is 1. The van der Waals surface area contributed by atoms with E-state index in [-0.39, 0.29) is 23.9 Å². The number of fused-ring (bicyclic) bond motifs is 1. The Kier molecular flexibility index (Phi) is 7.84. The topological polar surface area (TPSA) is 140 Å². The number of aromatic carboxylic acids is 1. The van der Waals surface area contributed by atoms with Gasteiger partial charge in [0.1, 0.15) is 23.8 Å². The van der Waals surface area contributed by atoms with Crippen molar-refractivity contribution in [1.29, 1.82) is 5.26 Å². The number of aromatic nitrogens is 7. The third-order valence-corrected chi connectivity index (χ3v) is 7.79. The molecule has 43 heavy (non-hydrogen) atoms. The maximum atomic E-state index is 14.2. The number of carbonyl (C=O) groups is 1. The molecule has 0 atom stereocenters. The van der Waals surface area contributed by atoms with Crippen LogP contribution >= 0.6 is 0 Å². The number of hydrogen-bond acceptors (Lipinski definition) is 8. The minimum absolute atomic E-state index is 0.0189. The maximum absolute atomic E-state index is 14.2. The zero-order valence-electron chi connectivity index (χ0n) is 23.6. The van der Waals surface area contributed by atoms with Crippen LogP contribution in [0.15, 0.2) is 55.1 Å². The van der Waals surface area contributed by atoms with Gasteiger partial charge in [-0.1, -0.05) is 6.07 Å². The van der Waals surface area contributed by atoms with Gasteiger partial charge in [-0.3, -0.25) is 9.58 Å². The van der Waals surface area contributed by atoms with Crippen molar-refractivity contribution in [3.05, 3.63) is 89.3 Å². The number of imidazole rings is 2. The fourth-order valence-corrected chi connectivity index (χ4v) is 5.41. The van der Waals surface area contributed by atoms with E-state index in [0.717, 1.165) is 44.0 Å². The largest absolute Gasteiger partial charge is 0.477 e. The molecule has 5 aromatic rings. The molecule has 12 nitrogen and oxygen atoms in total. The SMILES string of the molecule is CCn1cncc1Cn1c(CN2CCC(n3ccc(OCc4ccc(C#N)cc4F)n3)CC2)nc2ccc(C(=O)O)nc21. The highest BCUT2D eigenvalue weighted by atomic mass is 19.1. The van der Waals surface area contributed by atoms with E-state index in [2.05, 4.69) is 20.0 Å². The Hall–Kier alpha value is -5.09. The third kappa shape index (κ3) is 5.96. The van der Waals surface area contributed by atoms with Crippen LogP contribution in [0.3, 0.4) is 0 Å². The van der Waals surface area contributed by atoms with Gasteiger partial charge in [0.05, 0.1) is 42.8 Å². The molecule has 4 aromatic heterocycles. The lowest BCUT2D eigenvalue weighted by Gasteiger charge is -2.31. The lowest BCUT2D eigenvalue weighted by Crippen LogP contribution is -2.35. The van der Waals surface area contributed by atoms with Crippen LogP contribution in [-0.2, 0) is 26.2 Å². The fourth-order valence-electron chi connectivity index (χ4n) is 5.41. The highest BCUT2D eigenvalue weighted by Gasteiger charge is 2.24. The van der Waals surface area contributed by atoms with Crippen molar-refractivity contribution in [2.75, 3.05) is 13.1 Å². The van der Waals surface area contributed by atoms with Gasteiger partial charge in [-0.2, -0.15) is 5.26 Å². The van der Waals surface area contributed by atoms with Crippen molar-refractivity contribution in [2.45, 2.75) is 52.0 Å². The lowest BCUT2D eigenvalue weighted by atomic mass is 10.1. The van der Waals surface area contributed by atoms with E-state index in [1.807, 2.05) is 39.2 Å². The van der Waals surface area contributed by atoms with Gasteiger partial charge in [0.25, 0.3) is 0 Å². The molecule has 0 spiro atoms. The maximum Gasteiger partial charge on any atom is 0.354 e. The first-order valence-electron chi connectivity index (χ1n) is 14.1. The van der Waals surface area contributed by atoms with Crippen LogP contribution in [0.4, 0.5) is 4.39 Å². The molecule has 1 N–H and O–H groups in total. The fraction of sp³-hybridized carbons (Fsp3) is 0.333. The van der Waals surface area contributed by atoms with Crippen LogP contribution in [0.2, 0.25) is 0 Å². The van der Waals surface area contributed by atoms with Crippen LogP contribution in [0.1, 0.15) is 58.9 Å². The van der Waals surface area contributed by atoms with Gasteiger partial charge < -0.3 is 19.0 Å². The van der Waals surface area contributed by atoms with Crippen molar-refractivity contribution < 1.29 is 19.0 Å².